The first-order valence-corrected chi connectivity index (χ1v) is 5.16. The number of rotatable bonds is 5. The fourth-order valence-electron chi connectivity index (χ4n) is 1.30. The van der Waals surface area contributed by atoms with E-state index in [1.54, 1.807) is 37.1 Å². The highest BCUT2D eigenvalue weighted by atomic mass is 16.4. The third-order valence-corrected chi connectivity index (χ3v) is 2.02. The maximum absolute atomic E-state index is 11.4. The number of aryl methyl sites for hydroxylation is 1. The van der Waals surface area contributed by atoms with Crippen LogP contribution in [0.4, 0.5) is 0 Å². The first-order valence-electron chi connectivity index (χ1n) is 5.16. The zero-order valence-corrected chi connectivity index (χ0v) is 9.75. The summed E-state index contributed by atoms with van der Waals surface area (Å²) < 4.78 is 1.63. The number of nitrogens with one attached hydrogen (secondary N) is 1. The zero-order valence-electron chi connectivity index (χ0n) is 9.75. The number of carboxylic acid groups (broad SMARTS) is 1. The van der Waals surface area contributed by atoms with Crippen LogP contribution in [0, 0.1) is 0 Å². The number of aliphatic carboxylic acids is 1. The van der Waals surface area contributed by atoms with Crippen molar-refractivity contribution in [2.75, 3.05) is 0 Å². The van der Waals surface area contributed by atoms with Gasteiger partial charge in [-0.3, -0.25) is 14.3 Å². The number of carboxylic acids is 1. The third-order valence-electron chi connectivity index (χ3n) is 2.02. The van der Waals surface area contributed by atoms with Gasteiger partial charge in [-0.15, -0.1) is 0 Å². The maximum Gasteiger partial charge on any atom is 0.305 e. The molecule has 1 amide bonds. The summed E-state index contributed by atoms with van der Waals surface area (Å²) in [6.07, 6.45) is 6.28. The van der Waals surface area contributed by atoms with E-state index in [2.05, 4.69) is 10.4 Å². The molecule has 92 valence electrons. The van der Waals surface area contributed by atoms with Crippen LogP contribution in [0.25, 0.3) is 6.08 Å². The first-order chi connectivity index (χ1) is 7.97. The van der Waals surface area contributed by atoms with Crippen molar-refractivity contribution in [1.82, 2.24) is 15.1 Å². The summed E-state index contributed by atoms with van der Waals surface area (Å²) in [6, 6.07) is -0.390. The molecule has 0 bridgehead atoms. The summed E-state index contributed by atoms with van der Waals surface area (Å²) >= 11 is 0. The lowest BCUT2D eigenvalue weighted by atomic mass is 10.2. The number of carbonyl (C=O) groups excluding carboxylic acids is 1. The zero-order chi connectivity index (χ0) is 12.8. The van der Waals surface area contributed by atoms with Gasteiger partial charge in [-0.2, -0.15) is 5.10 Å². The van der Waals surface area contributed by atoms with E-state index in [1.165, 1.54) is 6.08 Å². The summed E-state index contributed by atoms with van der Waals surface area (Å²) in [7, 11) is 1.78. The highest BCUT2D eigenvalue weighted by Gasteiger charge is 2.08. The van der Waals surface area contributed by atoms with E-state index in [9.17, 15) is 9.59 Å². The molecule has 1 heterocycles. The highest BCUT2D eigenvalue weighted by molar-refractivity contribution is 5.92. The molecular formula is C11H15N3O3. The van der Waals surface area contributed by atoms with E-state index in [4.69, 9.17) is 5.11 Å². The second kappa shape index (κ2) is 5.83. The molecule has 2 N–H and O–H groups in total. The van der Waals surface area contributed by atoms with Crippen molar-refractivity contribution in [1.29, 1.82) is 0 Å². The SMILES string of the molecule is CC(CC(=O)O)NC(=O)/C=C/c1cnn(C)c1. The quantitative estimate of drug-likeness (QED) is 0.726. The Morgan fingerprint density at radius 1 is 1.65 bits per heavy atom. The predicted octanol–water partition coefficient (Wildman–Crippen LogP) is 0.413. The van der Waals surface area contributed by atoms with E-state index in [-0.39, 0.29) is 12.3 Å². The minimum atomic E-state index is -0.936. The minimum Gasteiger partial charge on any atom is -0.481 e. The molecule has 0 aromatic carbocycles. The lowest BCUT2D eigenvalue weighted by molar-refractivity contribution is -0.137. The van der Waals surface area contributed by atoms with Crippen LogP contribution in [-0.4, -0.2) is 32.8 Å². The van der Waals surface area contributed by atoms with Crippen molar-refractivity contribution in [3.8, 4) is 0 Å². The Labute approximate surface area is 98.9 Å². The summed E-state index contributed by atoms with van der Waals surface area (Å²) in [5, 5.41) is 15.0. The van der Waals surface area contributed by atoms with Crippen LogP contribution in [0.3, 0.4) is 0 Å². The fourth-order valence-corrected chi connectivity index (χ4v) is 1.30. The second-order valence-electron chi connectivity index (χ2n) is 3.79. The largest absolute Gasteiger partial charge is 0.481 e. The fraction of sp³-hybridized carbons (Fsp3) is 0.364. The number of amides is 1. The molecule has 0 aliphatic rings. The molecular weight excluding hydrogens is 222 g/mol. The monoisotopic (exact) mass is 237 g/mol. The van der Waals surface area contributed by atoms with Crippen LogP contribution in [0.2, 0.25) is 0 Å². The predicted molar refractivity (Wildman–Crippen MR) is 62.1 cm³/mol. The topological polar surface area (TPSA) is 84.2 Å². The maximum atomic E-state index is 11.4. The molecule has 0 aliphatic carbocycles. The van der Waals surface area contributed by atoms with E-state index < -0.39 is 12.0 Å². The Kier molecular flexibility index (Phi) is 4.45. The van der Waals surface area contributed by atoms with Crippen LogP contribution in [-0.2, 0) is 16.6 Å². The molecule has 0 fully saturated rings. The Hall–Kier alpha value is -2.11. The number of hydrogen-bond donors (Lipinski definition) is 2. The first kappa shape index (κ1) is 13.0. The Morgan fingerprint density at radius 2 is 2.35 bits per heavy atom. The minimum absolute atomic E-state index is 0.0908. The normalized spacial score (nSPS) is 12.6. The summed E-state index contributed by atoms with van der Waals surface area (Å²) in [6.45, 7) is 1.64. The van der Waals surface area contributed by atoms with Crippen LogP contribution in [0.5, 0.6) is 0 Å². The van der Waals surface area contributed by atoms with Gasteiger partial charge in [-0.25, -0.2) is 0 Å². The molecule has 1 aromatic rings. The van der Waals surface area contributed by atoms with Gasteiger partial charge in [0.2, 0.25) is 5.91 Å². The van der Waals surface area contributed by atoms with E-state index in [0.717, 1.165) is 5.56 Å². The molecule has 17 heavy (non-hydrogen) atoms. The van der Waals surface area contributed by atoms with E-state index >= 15 is 0 Å². The molecule has 1 rings (SSSR count). The molecule has 0 aliphatic heterocycles. The van der Waals surface area contributed by atoms with Crippen molar-refractivity contribution in [2.24, 2.45) is 7.05 Å². The van der Waals surface area contributed by atoms with Crippen LogP contribution in [0.15, 0.2) is 18.5 Å². The van der Waals surface area contributed by atoms with Gasteiger partial charge in [0.15, 0.2) is 0 Å². The van der Waals surface area contributed by atoms with E-state index in [0.29, 0.717) is 0 Å². The third kappa shape index (κ3) is 4.96. The number of nitrogens with zero attached hydrogens (tertiary/aromatic N) is 2. The number of aromatic nitrogens is 2. The molecule has 0 saturated heterocycles. The van der Waals surface area contributed by atoms with Crippen molar-refractivity contribution >= 4 is 18.0 Å². The molecule has 6 nitrogen and oxygen atoms in total. The van der Waals surface area contributed by atoms with Crippen molar-refractivity contribution in [3.63, 3.8) is 0 Å². The molecule has 0 saturated carbocycles. The van der Waals surface area contributed by atoms with E-state index in [1.807, 2.05) is 0 Å². The lowest BCUT2D eigenvalue weighted by Crippen LogP contribution is -2.32. The van der Waals surface area contributed by atoms with Crippen LogP contribution < -0.4 is 5.32 Å². The van der Waals surface area contributed by atoms with Crippen molar-refractivity contribution in [2.45, 2.75) is 19.4 Å². The Morgan fingerprint density at radius 3 is 2.88 bits per heavy atom. The van der Waals surface area contributed by atoms with Crippen molar-refractivity contribution in [3.05, 3.63) is 24.0 Å². The van der Waals surface area contributed by atoms with Gasteiger partial charge in [0, 0.05) is 30.9 Å². The molecule has 0 spiro atoms. The van der Waals surface area contributed by atoms with Gasteiger partial charge in [-0.1, -0.05) is 0 Å². The van der Waals surface area contributed by atoms with Gasteiger partial charge in [-0.05, 0) is 13.0 Å². The number of hydrogen-bond acceptors (Lipinski definition) is 3. The second-order valence-corrected chi connectivity index (χ2v) is 3.79. The van der Waals surface area contributed by atoms with Crippen LogP contribution >= 0.6 is 0 Å². The molecule has 6 heteroatoms. The Bertz CT molecular complexity index is 437. The Balaban J connectivity index is 2.44. The van der Waals surface area contributed by atoms with Gasteiger partial charge >= 0.3 is 5.97 Å². The lowest BCUT2D eigenvalue weighted by Gasteiger charge is -2.08. The summed E-state index contributed by atoms with van der Waals surface area (Å²) in [5.74, 6) is -1.25. The number of carbonyl (C=O) groups is 2. The molecule has 0 radical (unpaired) electrons. The van der Waals surface area contributed by atoms with Crippen molar-refractivity contribution < 1.29 is 14.7 Å². The van der Waals surface area contributed by atoms with Gasteiger partial charge in [0.1, 0.15) is 0 Å². The average Bonchev–Trinajstić information content (AvgIpc) is 2.59. The van der Waals surface area contributed by atoms with Gasteiger partial charge in [0.25, 0.3) is 0 Å². The summed E-state index contributed by atoms with van der Waals surface area (Å²) in [5.41, 5.74) is 0.813. The van der Waals surface area contributed by atoms with Crippen LogP contribution in [0.1, 0.15) is 18.9 Å². The highest BCUT2D eigenvalue weighted by Crippen LogP contribution is 1.99. The van der Waals surface area contributed by atoms with Gasteiger partial charge in [0.05, 0.1) is 12.6 Å². The molecule has 1 aromatic heterocycles. The molecule has 1 atom stereocenters. The smallest absolute Gasteiger partial charge is 0.305 e. The summed E-state index contributed by atoms with van der Waals surface area (Å²) in [4.78, 5) is 21.8. The average molecular weight is 237 g/mol. The molecule has 1 unspecified atom stereocenters. The standard InChI is InChI=1S/C11H15N3O3/c1-8(5-11(16)17)13-10(15)4-3-9-6-12-14(2)7-9/h3-4,6-8H,5H2,1-2H3,(H,13,15)(H,16,17)/b4-3+. The van der Waals surface area contributed by atoms with Gasteiger partial charge < -0.3 is 10.4 Å².